The van der Waals surface area contributed by atoms with Gasteiger partial charge in [-0.15, -0.1) is 0 Å². The van der Waals surface area contributed by atoms with Gasteiger partial charge in [-0.2, -0.15) is 0 Å². The highest BCUT2D eigenvalue weighted by Gasteiger charge is 2.30. The van der Waals surface area contributed by atoms with Gasteiger partial charge < -0.3 is 20.1 Å². The van der Waals surface area contributed by atoms with Crippen molar-refractivity contribution in [2.45, 2.75) is 38.7 Å². The van der Waals surface area contributed by atoms with Gasteiger partial charge in [-0.3, -0.25) is 9.59 Å². The van der Waals surface area contributed by atoms with Gasteiger partial charge in [0.25, 0.3) is 17.7 Å². The normalized spacial score (nSPS) is 14.5. The zero-order chi connectivity index (χ0) is 22.6. The van der Waals surface area contributed by atoms with Crippen LogP contribution in [0.4, 0.5) is 14.6 Å². The first kappa shape index (κ1) is 22.4. The highest BCUT2D eigenvalue weighted by Crippen LogP contribution is 2.30. The summed E-state index contributed by atoms with van der Waals surface area (Å²) >= 11 is 0. The Balaban J connectivity index is 1.65. The molecule has 0 bridgehead atoms. The molecule has 2 aromatic rings. The van der Waals surface area contributed by atoms with Crippen LogP contribution in [0.5, 0.6) is 11.6 Å². The number of nitrogens with zero attached hydrogens (tertiary/aromatic N) is 2. The first-order chi connectivity index (χ1) is 14.7. The second-order valence-electron chi connectivity index (χ2n) is 7.52. The highest BCUT2D eigenvalue weighted by atomic mass is 19.3. The zero-order valence-electron chi connectivity index (χ0n) is 17.4. The number of hydrogen-bond acceptors (Lipinski definition) is 6. The number of halogens is 2. The second kappa shape index (κ2) is 9.23. The molecular formula is C21H24F2N4O4. The lowest BCUT2D eigenvalue weighted by Crippen LogP contribution is -2.27. The average Bonchev–Trinajstić information content (AvgIpc) is 3.57. The summed E-state index contributed by atoms with van der Waals surface area (Å²) in [6.07, 6.45) is 4.60. The van der Waals surface area contributed by atoms with Gasteiger partial charge in [0.15, 0.2) is 12.4 Å². The molecule has 2 amide bonds. The van der Waals surface area contributed by atoms with Crippen LogP contribution in [0.15, 0.2) is 30.6 Å². The van der Waals surface area contributed by atoms with E-state index >= 15 is 0 Å². The minimum atomic E-state index is -3.01. The van der Waals surface area contributed by atoms with Crippen molar-refractivity contribution in [1.82, 2.24) is 15.3 Å². The van der Waals surface area contributed by atoms with Crippen LogP contribution in [-0.2, 0) is 4.79 Å². The fourth-order valence-electron chi connectivity index (χ4n) is 2.71. The van der Waals surface area contributed by atoms with E-state index in [2.05, 4.69) is 20.6 Å². The van der Waals surface area contributed by atoms with Gasteiger partial charge in [-0.1, -0.05) is 0 Å². The number of aromatic nitrogens is 2. The largest absolute Gasteiger partial charge is 0.491 e. The number of ether oxygens (including phenoxy) is 2. The number of carbonyl (C=O) groups is 2. The third kappa shape index (κ3) is 6.34. The third-order valence-electron chi connectivity index (χ3n) is 4.59. The van der Waals surface area contributed by atoms with Crippen LogP contribution in [0.2, 0.25) is 0 Å². The first-order valence-electron chi connectivity index (χ1n) is 9.78. The van der Waals surface area contributed by atoms with Crippen molar-refractivity contribution >= 4 is 17.6 Å². The van der Waals surface area contributed by atoms with Gasteiger partial charge in [0.1, 0.15) is 5.82 Å². The van der Waals surface area contributed by atoms with E-state index in [1.807, 2.05) is 0 Å². The van der Waals surface area contributed by atoms with Crippen molar-refractivity contribution in [2.75, 3.05) is 19.0 Å². The molecule has 0 spiro atoms. The number of methoxy groups -OCH3 is 1. The lowest BCUT2D eigenvalue weighted by Gasteiger charge is -2.17. The van der Waals surface area contributed by atoms with Crippen LogP contribution in [0, 0.1) is 5.92 Å². The quantitative estimate of drug-likeness (QED) is 0.628. The molecule has 1 unspecified atom stereocenters. The third-order valence-corrected chi connectivity index (χ3v) is 4.59. The van der Waals surface area contributed by atoms with E-state index in [1.165, 1.54) is 31.6 Å². The molecule has 2 heterocycles. The standard InChI is InChI=1S/C21H24F2N4O4/c1-12(15-8-16(30-3)20(25-10-15)31-11-21(2,22)23)26-19(29)14-6-7-24-17(9-14)27-18(28)13-4-5-13/h6-10,12-13H,4-5,11H2,1-3H3,(H,26,29)(H,24,27,28). The van der Waals surface area contributed by atoms with Crippen LogP contribution >= 0.6 is 0 Å². The van der Waals surface area contributed by atoms with Crippen molar-refractivity contribution < 1.29 is 27.8 Å². The monoisotopic (exact) mass is 434 g/mol. The summed E-state index contributed by atoms with van der Waals surface area (Å²) in [7, 11) is 1.37. The van der Waals surface area contributed by atoms with Gasteiger partial charge in [0.05, 0.1) is 13.2 Å². The number of nitrogens with one attached hydrogen (secondary N) is 2. The average molecular weight is 434 g/mol. The predicted octanol–water partition coefficient (Wildman–Crippen LogP) is 3.36. The van der Waals surface area contributed by atoms with E-state index in [-0.39, 0.29) is 29.4 Å². The molecule has 3 rings (SSSR count). The fraction of sp³-hybridized carbons (Fsp3) is 0.429. The maximum absolute atomic E-state index is 13.0. The molecule has 2 N–H and O–H groups in total. The summed E-state index contributed by atoms with van der Waals surface area (Å²) < 4.78 is 36.3. The Labute approximate surface area is 178 Å². The molecule has 0 radical (unpaired) electrons. The number of anilines is 1. The Morgan fingerprint density at radius 1 is 1.29 bits per heavy atom. The molecule has 2 aromatic heterocycles. The summed E-state index contributed by atoms with van der Waals surface area (Å²) in [5.41, 5.74) is 0.926. The van der Waals surface area contributed by atoms with E-state index in [4.69, 9.17) is 9.47 Å². The molecule has 1 atom stereocenters. The topological polar surface area (TPSA) is 102 Å². The van der Waals surface area contributed by atoms with Crippen molar-refractivity contribution in [1.29, 1.82) is 0 Å². The van der Waals surface area contributed by atoms with E-state index in [0.717, 1.165) is 19.8 Å². The molecule has 0 aliphatic heterocycles. The van der Waals surface area contributed by atoms with Crippen LogP contribution in [0.3, 0.4) is 0 Å². The lowest BCUT2D eigenvalue weighted by molar-refractivity contribution is -0.117. The van der Waals surface area contributed by atoms with Gasteiger partial charge >= 0.3 is 0 Å². The van der Waals surface area contributed by atoms with Gasteiger partial charge in [-0.25, -0.2) is 18.7 Å². The maximum atomic E-state index is 13.0. The molecule has 1 aliphatic rings. The van der Waals surface area contributed by atoms with Crippen molar-refractivity contribution in [3.05, 3.63) is 41.7 Å². The molecule has 31 heavy (non-hydrogen) atoms. The van der Waals surface area contributed by atoms with Gasteiger partial charge in [0, 0.05) is 30.8 Å². The summed E-state index contributed by atoms with van der Waals surface area (Å²) in [6, 6.07) is 4.14. The number of alkyl halides is 2. The Morgan fingerprint density at radius 3 is 2.68 bits per heavy atom. The Morgan fingerprint density at radius 2 is 2.03 bits per heavy atom. The fourth-order valence-corrected chi connectivity index (χ4v) is 2.71. The lowest BCUT2D eigenvalue weighted by atomic mass is 10.1. The SMILES string of the molecule is COc1cc(C(C)NC(=O)c2ccnc(NC(=O)C3CC3)c2)cnc1OCC(C)(F)F. The van der Waals surface area contributed by atoms with Crippen molar-refractivity contribution in [2.24, 2.45) is 5.92 Å². The Bertz CT molecular complexity index is 961. The van der Waals surface area contributed by atoms with E-state index in [1.54, 1.807) is 13.0 Å². The molecule has 166 valence electrons. The van der Waals surface area contributed by atoms with Crippen LogP contribution < -0.4 is 20.1 Å². The zero-order valence-corrected chi connectivity index (χ0v) is 17.4. The number of pyridine rings is 2. The molecule has 10 heteroatoms. The number of hydrogen-bond donors (Lipinski definition) is 2. The van der Waals surface area contributed by atoms with Crippen LogP contribution in [-0.4, -0.2) is 41.4 Å². The summed E-state index contributed by atoms with van der Waals surface area (Å²) in [5.74, 6) is -3.02. The molecule has 0 saturated heterocycles. The molecule has 0 aromatic carbocycles. The summed E-state index contributed by atoms with van der Waals surface area (Å²) in [6.45, 7) is 1.66. The molecule has 1 fully saturated rings. The molecule has 1 saturated carbocycles. The molecule has 8 nitrogen and oxygen atoms in total. The van der Waals surface area contributed by atoms with Gasteiger partial charge in [0.2, 0.25) is 5.91 Å². The van der Waals surface area contributed by atoms with E-state index in [0.29, 0.717) is 16.9 Å². The summed E-state index contributed by atoms with van der Waals surface area (Å²) in [5, 5.41) is 5.52. The number of rotatable bonds is 9. The maximum Gasteiger partial charge on any atom is 0.278 e. The number of amides is 2. The molecular weight excluding hydrogens is 410 g/mol. The Kier molecular flexibility index (Phi) is 6.67. The second-order valence-corrected chi connectivity index (χ2v) is 7.52. The van der Waals surface area contributed by atoms with Gasteiger partial charge in [-0.05, 0) is 43.5 Å². The van der Waals surface area contributed by atoms with E-state index < -0.39 is 18.6 Å². The van der Waals surface area contributed by atoms with Crippen LogP contribution in [0.1, 0.15) is 48.7 Å². The summed E-state index contributed by atoms with van der Waals surface area (Å²) in [4.78, 5) is 32.6. The first-order valence-corrected chi connectivity index (χ1v) is 9.78. The van der Waals surface area contributed by atoms with Crippen molar-refractivity contribution in [3.8, 4) is 11.6 Å². The van der Waals surface area contributed by atoms with Crippen LogP contribution in [0.25, 0.3) is 0 Å². The molecule has 1 aliphatic carbocycles. The number of carbonyl (C=O) groups excluding carboxylic acids is 2. The highest BCUT2D eigenvalue weighted by molar-refractivity contribution is 5.97. The predicted molar refractivity (Wildman–Crippen MR) is 108 cm³/mol. The Hall–Kier alpha value is -3.30. The van der Waals surface area contributed by atoms with E-state index in [9.17, 15) is 18.4 Å². The van der Waals surface area contributed by atoms with Crippen molar-refractivity contribution in [3.63, 3.8) is 0 Å². The minimum Gasteiger partial charge on any atom is -0.491 e. The minimum absolute atomic E-state index is 0.0253. The smallest absolute Gasteiger partial charge is 0.278 e.